The van der Waals surface area contributed by atoms with Gasteiger partial charge in [-0.2, -0.15) is 10.0 Å². The lowest BCUT2D eigenvalue weighted by atomic mass is 10.1. The van der Waals surface area contributed by atoms with Crippen LogP contribution in [0.15, 0.2) is 52.7 Å². The Balaban J connectivity index is 2.21. The van der Waals surface area contributed by atoms with Crippen LogP contribution in [-0.4, -0.2) is 18.2 Å². The lowest BCUT2D eigenvalue weighted by molar-refractivity contribution is 0.0955. The molecule has 0 spiro atoms. The van der Waals surface area contributed by atoms with Crippen molar-refractivity contribution in [1.82, 2.24) is 5.43 Å². The van der Waals surface area contributed by atoms with E-state index in [4.69, 9.17) is 34.8 Å². The zero-order valence-electron chi connectivity index (χ0n) is 11.6. The van der Waals surface area contributed by atoms with Crippen molar-refractivity contribution in [2.24, 2.45) is 10.3 Å². The average Bonchev–Trinajstić information content (AvgIpc) is 2.53. The molecule has 2 rings (SSSR count). The second kappa shape index (κ2) is 8.06. The Kier molecular flexibility index (Phi) is 6.10. The molecule has 0 heterocycles. The number of halogens is 3. The normalized spacial score (nSPS) is 11.2. The zero-order chi connectivity index (χ0) is 16.8. The van der Waals surface area contributed by atoms with Crippen molar-refractivity contribution in [2.45, 2.75) is 0 Å². The summed E-state index contributed by atoms with van der Waals surface area (Å²) in [5.41, 5.74) is 3.52. The third-order valence-corrected chi connectivity index (χ3v) is 3.82. The van der Waals surface area contributed by atoms with Crippen LogP contribution in [0.5, 0.6) is 0 Å². The van der Waals surface area contributed by atoms with Gasteiger partial charge in [-0.05, 0) is 30.3 Å². The molecule has 8 heteroatoms. The van der Waals surface area contributed by atoms with Crippen molar-refractivity contribution >= 4 is 46.4 Å². The summed E-state index contributed by atoms with van der Waals surface area (Å²) < 4.78 is 0. The van der Waals surface area contributed by atoms with Gasteiger partial charge in [-0.3, -0.25) is 4.79 Å². The second-order valence-electron chi connectivity index (χ2n) is 4.43. The number of nitrogens with zero attached hydrogens (tertiary/aromatic N) is 2. The first-order valence-electron chi connectivity index (χ1n) is 6.38. The van der Waals surface area contributed by atoms with Crippen LogP contribution in [0.4, 0.5) is 0 Å². The standard InChI is InChI=1S/C15H10Cl3N3O2/c16-11-3-1-2-9(6-11)14(8-19-23)20-21-15(22)10-4-5-12(17)13(18)7-10/h1-7H,8H2,(H,21,22). The molecule has 0 aliphatic rings. The summed E-state index contributed by atoms with van der Waals surface area (Å²) in [5, 5.41) is 7.83. The Bertz CT molecular complexity index is 778. The van der Waals surface area contributed by atoms with E-state index in [-0.39, 0.29) is 22.8 Å². The van der Waals surface area contributed by atoms with Crippen LogP contribution in [0.1, 0.15) is 15.9 Å². The summed E-state index contributed by atoms with van der Waals surface area (Å²) in [6, 6.07) is 11.2. The third kappa shape index (κ3) is 4.76. The van der Waals surface area contributed by atoms with E-state index in [1.807, 2.05) is 0 Å². The molecule has 0 atom stereocenters. The molecule has 0 aliphatic heterocycles. The zero-order valence-corrected chi connectivity index (χ0v) is 13.9. The van der Waals surface area contributed by atoms with Crippen molar-refractivity contribution in [3.63, 3.8) is 0 Å². The number of amides is 1. The first kappa shape index (κ1) is 17.4. The SMILES string of the molecule is O=NCC(=NNC(=O)c1ccc(Cl)c(Cl)c1)c1cccc(Cl)c1. The van der Waals surface area contributed by atoms with Crippen molar-refractivity contribution in [2.75, 3.05) is 6.54 Å². The maximum Gasteiger partial charge on any atom is 0.271 e. The summed E-state index contributed by atoms with van der Waals surface area (Å²) in [6.45, 7) is -0.206. The molecule has 2 aromatic carbocycles. The fraction of sp³-hybridized carbons (Fsp3) is 0.0667. The summed E-state index contributed by atoms with van der Waals surface area (Å²) in [7, 11) is 0. The van der Waals surface area contributed by atoms with Crippen LogP contribution in [-0.2, 0) is 0 Å². The van der Waals surface area contributed by atoms with Gasteiger partial charge in [0.25, 0.3) is 5.91 Å². The molecule has 1 amide bonds. The van der Waals surface area contributed by atoms with E-state index in [0.717, 1.165) is 0 Å². The maximum atomic E-state index is 12.1. The fourth-order valence-electron chi connectivity index (χ4n) is 1.74. The lowest BCUT2D eigenvalue weighted by Crippen LogP contribution is -2.21. The smallest absolute Gasteiger partial charge is 0.267 e. The number of hydrazone groups is 1. The Labute approximate surface area is 147 Å². The molecule has 1 N–H and O–H groups in total. The predicted octanol–water partition coefficient (Wildman–Crippen LogP) is 4.55. The Morgan fingerprint density at radius 3 is 2.43 bits per heavy atom. The van der Waals surface area contributed by atoms with E-state index >= 15 is 0 Å². The van der Waals surface area contributed by atoms with Crippen LogP contribution in [0.2, 0.25) is 15.1 Å². The van der Waals surface area contributed by atoms with Gasteiger partial charge in [0, 0.05) is 16.1 Å². The quantitative estimate of drug-likeness (QED) is 0.476. The van der Waals surface area contributed by atoms with Gasteiger partial charge >= 0.3 is 0 Å². The highest BCUT2D eigenvalue weighted by Gasteiger charge is 2.09. The van der Waals surface area contributed by atoms with Crippen LogP contribution in [0.3, 0.4) is 0 Å². The molecule has 23 heavy (non-hydrogen) atoms. The van der Waals surface area contributed by atoms with Gasteiger partial charge in [-0.15, -0.1) is 0 Å². The number of benzene rings is 2. The molecular weight excluding hydrogens is 361 g/mol. The van der Waals surface area contributed by atoms with Gasteiger partial charge in [-0.25, -0.2) is 5.43 Å². The van der Waals surface area contributed by atoms with Crippen LogP contribution in [0.25, 0.3) is 0 Å². The van der Waals surface area contributed by atoms with Gasteiger partial charge < -0.3 is 0 Å². The predicted molar refractivity (Wildman–Crippen MR) is 92.6 cm³/mol. The van der Waals surface area contributed by atoms with Crippen molar-refractivity contribution in [3.05, 3.63) is 73.6 Å². The number of hydrogen-bond acceptors (Lipinski definition) is 4. The van der Waals surface area contributed by atoms with E-state index in [2.05, 4.69) is 15.7 Å². The number of nitroso groups, excluding NO2 is 1. The number of hydrogen-bond donors (Lipinski definition) is 1. The Morgan fingerprint density at radius 2 is 1.78 bits per heavy atom. The van der Waals surface area contributed by atoms with E-state index < -0.39 is 5.91 Å². The first-order valence-corrected chi connectivity index (χ1v) is 7.51. The molecule has 0 unspecified atom stereocenters. The van der Waals surface area contributed by atoms with E-state index in [1.165, 1.54) is 18.2 Å². The molecule has 2 aromatic rings. The summed E-state index contributed by atoms with van der Waals surface area (Å²) in [4.78, 5) is 22.6. The summed E-state index contributed by atoms with van der Waals surface area (Å²) >= 11 is 17.6. The molecule has 0 saturated carbocycles. The topological polar surface area (TPSA) is 70.9 Å². The van der Waals surface area contributed by atoms with Crippen LogP contribution >= 0.6 is 34.8 Å². The first-order chi connectivity index (χ1) is 11.0. The molecule has 0 saturated heterocycles. The minimum absolute atomic E-state index is 0.206. The minimum atomic E-state index is -0.492. The minimum Gasteiger partial charge on any atom is -0.267 e. The van der Waals surface area contributed by atoms with Crippen molar-refractivity contribution in [3.8, 4) is 0 Å². The van der Waals surface area contributed by atoms with Gasteiger partial charge in [0.2, 0.25) is 0 Å². The maximum absolute atomic E-state index is 12.1. The van der Waals surface area contributed by atoms with Gasteiger partial charge in [-0.1, -0.05) is 52.1 Å². The highest BCUT2D eigenvalue weighted by atomic mass is 35.5. The van der Waals surface area contributed by atoms with Crippen LogP contribution in [0, 0.1) is 4.91 Å². The molecule has 0 fully saturated rings. The highest BCUT2D eigenvalue weighted by molar-refractivity contribution is 6.42. The van der Waals surface area contributed by atoms with Gasteiger partial charge in [0.1, 0.15) is 6.54 Å². The number of carbonyl (C=O) groups excluding carboxylic acids is 1. The van der Waals surface area contributed by atoms with E-state index in [0.29, 0.717) is 15.6 Å². The van der Waals surface area contributed by atoms with Gasteiger partial charge in [0.05, 0.1) is 15.8 Å². The summed E-state index contributed by atoms with van der Waals surface area (Å²) in [6.07, 6.45) is 0. The highest BCUT2D eigenvalue weighted by Crippen LogP contribution is 2.22. The molecule has 0 bridgehead atoms. The number of rotatable bonds is 5. The Hall–Kier alpha value is -1.95. The number of carbonyl (C=O) groups is 1. The average molecular weight is 371 g/mol. The molecule has 0 aromatic heterocycles. The van der Waals surface area contributed by atoms with Crippen molar-refractivity contribution in [1.29, 1.82) is 0 Å². The summed E-state index contributed by atoms with van der Waals surface area (Å²) in [5.74, 6) is -0.492. The Morgan fingerprint density at radius 1 is 1.00 bits per heavy atom. The lowest BCUT2D eigenvalue weighted by Gasteiger charge is -2.05. The molecule has 118 valence electrons. The van der Waals surface area contributed by atoms with E-state index in [9.17, 15) is 9.70 Å². The van der Waals surface area contributed by atoms with Crippen molar-refractivity contribution < 1.29 is 4.79 Å². The monoisotopic (exact) mass is 369 g/mol. The largest absolute Gasteiger partial charge is 0.271 e. The third-order valence-electron chi connectivity index (χ3n) is 2.85. The fourth-order valence-corrected chi connectivity index (χ4v) is 2.23. The number of nitrogens with one attached hydrogen (secondary N) is 1. The molecule has 5 nitrogen and oxygen atoms in total. The molecular formula is C15H10Cl3N3O2. The molecule has 0 aliphatic carbocycles. The van der Waals surface area contributed by atoms with Gasteiger partial charge in [0.15, 0.2) is 0 Å². The van der Waals surface area contributed by atoms with Crippen LogP contribution < -0.4 is 5.43 Å². The van der Waals surface area contributed by atoms with E-state index in [1.54, 1.807) is 24.3 Å². The molecule has 0 radical (unpaired) electrons. The second-order valence-corrected chi connectivity index (χ2v) is 5.68.